The number of nitrogens with zero attached hydrogens (tertiary/aromatic N) is 2. The number of thiophene rings is 1. The molecule has 0 radical (unpaired) electrons. The number of halogens is 6. The van der Waals surface area contributed by atoms with E-state index in [1.165, 1.54) is 0 Å². The number of hydrogen-bond acceptors (Lipinski definition) is 6. The molecule has 2 aliphatic heterocycles. The average Bonchev–Trinajstić information content (AvgIpc) is 3.47. The molecule has 1 aromatic carbocycles. The van der Waals surface area contributed by atoms with Crippen molar-refractivity contribution in [2.75, 3.05) is 0 Å². The molecule has 2 N–H and O–H groups in total. The van der Waals surface area contributed by atoms with Crippen LogP contribution in [0.25, 0.3) is 0 Å². The van der Waals surface area contributed by atoms with Crippen LogP contribution in [0.2, 0.25) is 10.0 Å². The van der Waals surface area contributed by atoms with Crippen molar-refractivity contribution in [2.24, 2.45) is 10.6 Å². The van der Waals surface area contributed by atoms with E-state index in [1.807, 2.05) is 0 Å². The fourth-order valence-corrected chi connectivity index (χ4v) is 5.24. The maximum Gasteiger partial charge on any atom is 0.435 e. The lowest BCUT2D eigenvalue weighted by atomic mass is 9.89. The quantitative estimate of drug-likeness (QED) is 0.285. The number of fused-ring (bicyclic) bond motifs is 1. The number of alkyl halides is 3. The van der Waals surface area contributed by atoms with Gasteiger partial charge in [0.25, 0.3) is 11.5 Å². The van der Waals surface area contributed by atoms with Gasteiger partial charge >= 0.3 is 6.18 Å². The van der Waals surface area contributed by atoms with Crippen LogP contribution in [-0.2, 0) is 28.3 Å². The topological polar surface area (TPSA) is 83.0 Å². The number of nitrogens with one attached hydrogen (secondary N) is 2. The van der Waals surface area contributed by atoms with E-state index in [2.05, 4.69) is 16.0 Å². The Kier molecular flexibility index (Phi) is 6.67. The zero-order chi connectivity index (χ0) is 26.6. The molecule has 1 aromatic heterocycles. The standard InChI is InChI=1S/C22H20Cl2F4N4O3S/c1-20(2,3)19(34)30-29-18(33)14-4-10-8-32(9-15(10)36-14)16-7-21(35-31-16,22(26,27)28)11-5-12(23)17(25)13(24)6-11/h4-6H,7-9H2,1-3H3,(H,29,33)(H,30,34). The summed E-state index contributed by atoms with van der Waals surface area (Å²) in [6.07, 6.45) is -5.58. The third-order valence-corrected chi connectivity index (χ3v) is 7.48. The normalized spacial score (nSPS) is 19.6. The minimum atomic E-state index is -4.91. The van der Waals surface area contributed by atoms with Crippen molar-refractivity contribution in [1.82, 2.24) is 15.8 Å². The van der Waals surface area contributed by atoms with Crippen LogP contribution in [-0.4, -0.2) is 28.7 Å². The first-order valence-corrected chi connectivity index (χ1v) is 12.1. The van der Waals surface area contributed by atoms with Crippen LogP contribution in [0.15, 0.2) is 23.4 Å². The van der Waals surface area contributed by atoms with Crippen molar-refractivity contribution in [2.45, 2.75) is 52.1 Å². The average molecular weight is 567 g/mol. The van der Waals surface area contributed by atoms with Gasteiger partial charge in [-0.25, -0.2) is 4.39 Å². The minimum absolute atomic E-state index is 0.0377. The van der Waals surface area contributed by atoms with Crippen LogP contribution in [0.1, 0.15) is 52.9 Å². The van der Waals surface area contributed by atoms with Crippen LogP contribution in [0, 0.1) is 11.2 Å². The van der Waals surface area contributed by atoms with Gasteiger partial charge in [0.05, 0.1) is 27.9 Å². The molecule has 0 saturated carbocycles. The van der Waals surface area contributed by atoms with Crippen LogP contribution in [0.5, 0.6) is 0 Å². The van der Waals surface area contributed by atoms with Gasteiger partial charge in [-0.15, -0.1) is 11.3 Å². The maximum absolute atomic E-state index is 14.2. The Hall–Kier alpha value is -2.57. The van der Waals surface area contributed by atoms with Crippen LogP contribution in [0.3, 0.4) is 0 Å². The summed E-state index contributed by atoms with van der Waals surface area (Å²) < 4.78 is 56.4. The van der Waals surface area contributed by atoms with Gasteiger partial charge in [-0.05, 0) is 23.8 Å². The number of rotatable bonds is 2. The monoisotopic (exact) mass is 566 g/mol. The van der Waals surface area contributed by atoms with Gasteiger partial charge in [0.2, 0.25) is 5.91 Å². The SMILES string of the molecule is CC(C)(C)C(=O)NNC(=O)c1cc2c(s1)CN(C1=NOC(c3cc(Cl)c(F)c(Cl)c3)(C(F)(F)F)C1)C2. The first-order valence-electron chi connectivity index (χ1n) is 10.6. The van der Waals surface area contributed by atoms with Gasteiger partial charge < -0.3 is 9.74 Å². The van der Waals surface area contributed by atoms with Crippen molar-refractivity contribution < 1.29 is 32.0 Å². The van der Waals surface area contributed by atoms with Gasteiger partial charge in [-0.3, -0.25) is 20.4 Å². The molecular formula is C22H20Cl2F4N4O3S. The van der Waals surface area contributed by atoms with Crippen LogP contribution >= 0.6 is 34.5 Å². The van der Waals surface area contributed by atoms with Gasteiger partial charge in [-0.1, -0.05) is 49.1 Å². The highest BCUT2D eigenvalue weighted by Gasteiger charge is 2.63. The predicted octanol–water partition coefficient (Wildman–Crippen LogP) is 5.51. The highest BCUT2D eigenvalue weighted by Crippen LogP contribution is 2.50. The van der Waals surface area contributed by atoms with E-state index in [0.717, 1.165) is 33.9 Å². The summed E-state index contributed by atoms with van der Waals surface area (Å²) >= 11 is 12.6. The van der Waals surface area contributed by atoms with Crippen molar-refractivity contribution in [3.63, 3.8) is 0 Å². The number of carbonyl (C=O) groups is 2. The summed E-state index contributed by atoms with van der Waals surface area (Å²) in [7, 11) is 0. The van der Waals surface area contributed by atoms with Crippen molar-refractivity contribution >= 4 is 52.2 Å². The zero-order valence-electron chi connectivity index (χ0n) is 19.1. The number of hydrazine groups is 1. The molecule has 0 aliphatic carbocycles. The Labute approximate surface area is 217 Å². The Morgan fingerprint density at radius 1 is 1.11 bits per heavy atom. The molecule has 14 heteroatoms. The molecular weight excluding hydrogens is 547 g/mol. The first-order chi connectivity index (χ1) is 16.6. The van der Waals surface area contributed by atoms with Crippen LogP contribution < -0.4 is 10.9 Å². The number of amides is 2. The molecule has 3 heterocycles. The molecule has 36 heavy (non-hydrogen) atoms. The van der Waals surface area contributed by atoms with E-state index < -0.39 is 50.9 Å². The zero-order valence-corrected chi connectivity index (χ0v) is 21.5. The summed E-state index contributed by atoms with van der Waals surface area (Å²) in [6.45, 7) is 5.51. The summed E-state index contributed by atoms with van der Waals surface area (Å²) in [4.78, 5) is 32.0. The van der Waals surface area contributed by atoms with E-state index in [1.54, 1.807) is 31.7 Å². The molecule has 4 rings (SSSR count). The summed E-state index contributed by atoms with van der Waals surface area (Å²) in [5.41, 5.74) is 1.43. The molecule has 0 spiro atoms. The van der Waals surface area contributed by atoms with E-state index in [9.17, 15) is 27.2 Å². The molecule has 0 bridgehead atoms. The van der Waals surface area contributed by atoms with Gasteiger partial charge in [0.15, 0.2) is 5.82 Å². The molecule has 2 aromatic rings. The summed E-state index contributed by atoms with van der Waals surface area (Å²) in [5, 5.41) is 2.58. The Morgan fingerprint density at radius 3 is 2.31 bits per heavy atom. The fraction of sp³-hybridized carbons (Fsp3) is 0.409. The van der Waals surface area contributed by atoms with Gasteiger partial charge in [0, 0.05) is 22.4 Å². The first kappa shape index (κ1) is 26.5. The van der Waals surface area contributed by atoms with Gasteiger partial charge in [0.1, 0.15) is 5.84 Å². The predicted molar refractivity (Wildman–Crippen MR) is 126 cm³/mol. The second-order valence-electron chi connectivity index (χ2n) is 9.43. The lowest BCUT2D eigenvalue weighted by Crippen LogP contribution is -2.46. The maximum atomic E-state index is 14.2. The van der Waals surface area contributed by atoms with Crippen molar-refractivity contribution in [3.05, 3.63) is 54.9 Å². The number of carbonyl (C=O) groups excluding carboxylic acids is 2. The largest absolute Gasteiger partial charge is 0.435 e. The highest BCUT2D eigenvalue weighted by molar-refractivity contribution is 7.14. The van der Waals surface area contributed by atoms with Crippen molar-refractivity contribution in [3.8, 4) is 0 Å². The third-order valence-electron chi connectivity index (χ3n) is 5.77. The smallest absolute Gasteiger partial charge is 0.372 e. The third kappa shape index (κ3) is 4.73. The summed E-state index contributed by atoms with van der Waals surface area (Å²) in [5.74, 6) is -1.85. The fourth-order valence-electron chi connectivity index (χ4n) is 3.67. The molecule has 2 amide bonds. The Balaban J connectivity index is 1.47. The number of oxime groups is 1. The van der Waals surface area contributed by atoms with Gasteiger partial charge in [-0.2, -0.15) is 13.2 Å². The molecule has 1 unspecified atom stereocenters. The molecule has 0 saturated heterocycles. The van der Waals surface area contributed by atoms with E-state index >= 15 is 0 Å². The summed E-state index contributed by atoms with van der Waals surface area (Å²) in [6, 6.07) is 3.28. The Bertz CT molecular complexity index is 1230. The molecule has 0 fully saturated rings. The molecule has 1 atom stereocenters. The molecule has 7 nitrogen and oxygen atoms in total. The Morgan fingerprint density at radius 2 is 1.75 bits per heavy atom. The van der Waals surface area contributed by atoms with E-state index in [0.29, 0.717) is 4.88 Å². The lowest BCUT2D eigenvalue weighted by molar-refractivity contribution is -0.275. The second kappa shape index (κ2) is 9.07. The minimum Gasteiger partial charge on any atom is -0.372 e. The van der Waals surface area contributed by atoms with Crippen LogP contribution in [0.4, 0.5) is 17.6 Å². The lowest BCUT2D eigenvalue weighted by Gasteiger charge is -2.30. The number of hydrogen-bond donors (Lipinski definition) is 2. The van der Waals surface area contributed by atoms with E-state index in [-0.39, 0.29) is 24.8 Å². The van der Waals surface area contributed by atoms with E-state index in [4.69, 9.17) is 28.0 Å². The molecule has 194 valence electrons. The second-order valence-corrected chi connectivity index (χ2v) is 11.4. The number of amidine groups is 1. The van der Waals surface area contributed by atoms with Crippen molar-refractivity contribution in [1.29, 1.82) is 0 Å². The number of benzene rings is 1. The highest BCUT2D eigenvalue weighted by atomic mass is 35.5. The molecule has 2 aliphatic rings.